The third-order valence-corrected chi connectivity index (χ3v) is 1.54. The van der Waals surface area contributed by atoms with E-state index in [0.717, 1.165) is 0 Å². The van der Waals surface area contributed by atoms with Crippen LogP contribution < -0.4 is 5.32 Å². The minimum absolute atomic E-state index is 0.0536. The van der Waals surface area contributed by atoms with Crippen molar-refractivity contribution in [2.24, 2.45) is 5.92 Å². The molecular weight excluding hydrogens is 214 g/mol. The maximum atomic E-state index is 11.1. The third-order valence-electron chi connectivity index (χ3n) is 1.54. The third kappa shape index (κ3) is 8.98. The van der Waals surface area contributed by atoms with Crippen molar-refractivity contribution < 1.29 is 24.2 Å². The van der Waals surface area contributed by atoms with Crippen LogP contribution in [0.15, 0.2) is 0 Å². The van der Waals surface area contributed by atoms with Crippen LogP contribution in [0.4, 0.5) is 0 Å². The van der Waals surface area contributed by atoms with E-state index in [1.54, 1.807) is 0 Å². The van der Waals surface area contributed by atoms with E-state index in [-0.39, 0.29) is 18.9 Å². The summed E-state index contributed by atoms with van der Waals surface area (Å²) in [5.41, 5.74) is 0. The minimum Gasteiger partial charge on any atom is -0.481 e. The summed E-state index contributed by atoms with van der Waals surface area (Å²) < 4.78 is 4.86. The van der Waals surface area contributed by atoms with Gasteiger partial charge in [0.15, 0.2) is 0 Å². The van der Waals surface area contributed by atoms with Gasteiger partial charge in [-0.15, -0.1) is 0 Å². The summed E-state index contributed by atoms with van der Waals surface area (Å²) in [6.45, 7) is 4.29. The van der Waals surface area contributed by atoms with Crippen molar-refractivity contribution in [1.82, 2.24) is 5.32 Å². The second-order valence-electron chi connectivity index (χ2n) is 3.75. The van der Waals surface area contributed by atoms with Gasteiger partial charge in [0.05, 0.1) is 13.0 Å². The Morgan fingerprint density at radius 1 is 1.31 bits per heavy atom. The molecule has 0 spiro atoms. The van der Waals surface area contributed by atoms with Crippen molar-refractivity contribution in [1.29, 1.82) is 0 Å². The second-order valence-corrected chi connectivity index (χ2v) is 3.75. The molecule has 0 aliphatic heterocycles. The van der Waals surface area contributed by atoms with Gasteiger partial charge in [0.2, 0.25) is 5.91 Å². The molecule has 0 rings (SSSR count). The lowest BCUT2D eigenvalue weighted by atomic mass is 10.2. The molecule has 0 aromatic carbocycles. The molecule has 0 bridgehead atoms. The largest absolute Gasteiger partial charge is 0.481 e. The molecule has 0 fully saturated rings. The van der Waals surface area contributed by atoms with E-state index in [1.807, 2.05) is 13.8 Å². The fourth-order valence-corrected chi connectivity index (χ4v) is 0.836. The van der Waals surface area contributed by atoms with E-state index < -0.39 is 24.3 Å². The smallest absolute Gasteiger partial charge is 0.312 e. The summed E-state index contributed by atoms with van der Waals surface area (Å²) in [4.78, 5) is 32.1. The molecule has 0 saturated heterocycles. The zero-order valence-corrected chi connectivity index (χ0v) is 9.49. The van der Waals surface area contributed by atoms with Gasteiger partial charge in [0, 0.05) is 6.54 Å². The van der Waals surface area contributed by atoms with Gasteiger partial charge >= 0.3 is 11.9 Å². The van der Waals surface area contributed by atoms with Crippen molar-refractivity contribution in [3.8, 4) is 0 Å². The summed E-state index contributed by atoms with van der Waals surface area (Å²) >= 11 is 0. The molecule has 6 heteroatoms. The number of ether oxygens (including phenoxy) is 1. The molecule has 0 aliphatic carbocycles. The standard InChI is InChI=1S/C10H17NO5/c1-7(2)6-16-10(15)3-4-11-8(12)5-9(13)14/h7H,3-6H2,1-2H3,(H,11,12)(H,13,14). The highest BCUT2D eigenvalue weighted by Gasteiger charge is 2.08. The van der Waals surface area contributed by atoms with Crippen LogP contribution in [0.2, 0.25) is 0 Å². The highest BCUT2D eigenvalue weighted by atomic mass is 16.5. The van der Waals surface area contributed by atoms with Crippen molar-refractivity contribution in [3.63, 3.8) is 0 Å². The summed E-state index contributed by atoms with van der Waals surface area (Å²) in [5.74, 6) is -1.93. The van der Waals surface area contributed by atoms with Gasteiger partial charge in [-0.25, -0.2) is 0 Å². The van der Waals surface area contributed by atoms with Gasteiger partial charge in [-0.05, 0) is 5.92 Å². The molecular formula is C10H17NO5. The lowest BCUT2D eigenvalue weighted by Crippen LogP contribution is -2.28. The fourth-order valence-electron chi connectivity index (χ4n) is 0.836. The zero-order chi connectivity index (χ0) is 12.6. The Morgan fingerprint density at radius 3 is 2.44 bits per heavy atom. The topological polar surface area (TPSA) is 92.7 Å². The van der Waals surface area contributed by atoms with Crippen LogP contribution >= 0.6 is 0 Å². The van der Waals surface area contributed by atoms with E-state index in [2.05, 4.69) is 5.32 Å². The number of rotatable bonds is 7. The second kappa shape index (κ2) is 7.67. The predicted molar refractivity (Wildman–Crippen MR) is 55.7 cm³/mol. The predicted octanol–water partition coefficient (Wildman–Crippen LogP) is 0.167. The van der Waals surface area contributed by atoms with E-state index in [9.17, 15) is 14.4 Å². The SMILES string of the molecule is CC(C)COC(=O)CCNC(=O)CC(=O)O. The first kappa shape index (κ1) is 14.4. The Labute approximate surface area is 94.0 Å². The highest BCUT2D eigenvalue weighted by molar-refractivity contribution is 5.93. The van der Waals surface area contributed by atoms with Crippen LogP contribution in [0.3, 0.4) is 0 Å². The monoisotopic (exact) mass is 231 g/mol. The average Bonchev–Trinajstić information content (AvgIpc) is 2.13. The molecule has 0 aliphatic rings. The number of carbonyl (C=O) groups is 3. The minimum atomic E-state index is -1.19. The Hall–Kier alpha value is -1.59. The average molecular weight is 231 g/mol. The molecule has 2 N–H and O–H groups in total. The van der Waals surface area contributed by atoms with Crippen LogP contribution in [0.1, 0.15) is 26.7 Å². The number of hydrogen-bond donors (Lipinski definition) is 2. The van der Waals surface area contributed by atoms with Gasteiger partial charge in [-0.1, -0.05) is 13.8 Å². The molecule has 16 heavy (non-hydrogen) atoms. The molecule has 1 amide bonds. The molecule has 0 unspecified atom stereocenters. The number of carboxylic acids is 1. The molecule has 6 nitrogen and oxygen atoms in total. The molecule has 0 saturated carbocycles. The normalized spacial score (nSPS) is 9.94. The zero-order valence-electron chi connectivity index (χ0n) is 9.49. The fraction of sp³-hybridized carbons (Fsp3) is 0.700. The molecule has 0 aromatic rings. The lowest BCUT2D eigenvalue weighted by molar-refractivity contribution is -0.144. The summed E-state index contributed by atoms with van der Waals surface area (Å²) in [6.07, 6.45) is -0.529. The molecule has 0 radical (unpaired) electrons. The lowest BCUT2D eigenvalue weighted by Gasteiger charge is -2.07. The van der Waals surface area contributed by atoms with E-state index in [1.165, 1.54) is 0 Å². The number of hydrogen-bond acceptors (Lipinski definition) is 4. The first-order chi connectivity index (χ1) is 7.41. The van der Waals surface area contributed by atoms with Gasteiger partial charge < -0.3 is 15.2 Å². The molecule has 0 atom stereocenters. The van der Waals surface area contributed by atoms with Gasteiger partial charge in [0.25, 0.3) is 0 Å². The Balaban J connectivity index is 3.54. The van der Waals surface area contributed by atoms with Crippen molar-refractivity contribution in [2.45, 2.75) is 26.7 Å². The van der Waals surface area contributed by atoms with Crippen LogP contribution in [0, 0.1) is 5.92 Å². The van der Waals surface area contributed by atoms with Crippen molar-refractivity contribution in [3.05, 3.63) is 0 Å². The highest BCUT2D eigenvalue weighted by Crippen LogP contribution is 1.94. The van der Waals surface area contributed by atoms with Crippen molar-refractivity contribution >= 4 is 17.8 Å². The molecule has 0 heterocycles. The number of carbonyl (C=O) groups excluding carboxylic acids is 2. The summed E-state index contributed by atoms with van der Waals surface area (Å²) in [6, 6.07) is 0. The van der Waals surface area contributed by atoms with Crippen LogP contribution in [0.5, 0.6) is 0 Å². The first-order valence-corrected chi connectivity index (χ1v) is 5.06. The maximum Gasteiger partial charge on any atom is 0.312 e. The van der Waals surface area contributed by atoms with Crippen LogP contribution in [-0.2, 0) is 19.1 Å². The van der Waals surface area contributed by atoms with Crippen LogP contribution in [0.25, 0.3) is 0 Å². The first-order valence-electron chi connectivity index (χ1n) is 5.06. The summed E-state index contributed by atoms with van der Waals surface area (Å²) in [5, 5.41) is 10.6. The van der Waals surface area contributed by atoms with E-state index >= 15 is 0 Å². The summed E-state index contributed by atoms with van der Waals surface area (Å²) in [7, 11) is 0. The number of carboxylic acid groups (broad SMARTS) is 1. The van der Waals surface area contributed by atoms with E-state index in [4.69, 9.17) is 9.84 Å². The van der Waals surface area contributed by atoms with Gasteiger partial charge in [-0.2, -0.15) is 0 Å². The maximum absolute atomic E-state index is 11.1. The number of amides is 1. The van der Waals surface area contributed by atoms with E-state index in [0.29, 0.717) is 6.61 Å². The molecule has 0 aromatic heterocycles. The quantitative estimate of drug-likeness (QED) is 0.481. The number of esters is 1. The Bertz CT molecular complexity index is 262. The number of aliphatic carboxylic acids is 1. The van der Waals surface area contributed by atoms with Crippen LogP contribution in [-0.4, -0.2) is 36.1 Å². The van der Waals surface area contributed by atoms with Crippen molar-refractivity contribution in [2.75, 3.05) is 13.2 Å². The number of nitrogens with one attached hydrogen (secondary N) is 1. The Kier molecular flexibility index (Phi) is 6.91. The molecule has 92 valence electrons. The van der Waals surface area contributed by atoms with Gasteiger partial charge in [0.1, 0.15) is 6.42 Å². The van der Waals surface area contributed by atoms with Gasteiger partial charge in [-0.3, -0.25) is 14.4 Å². The Morgan fingerprint density at radius 2 is 1.94 bits per heavy atom.